The minimum absolute atomic E-state index is 0.789. The van der Waals surface area contributed by atoms with Gasteiger partial charge in [0.05, 0.1) is 0 Å². The molecule has 0 saturated heterocycles. The summed E-state index contributed by atoms with van der Waals surface area (Å²) < 4.78 is 0. The molecule has 1 heterocycles. The average molecular weight is 256 g/mol. The van der Waals surface area contributed by atoms with Crippen molar-refractivity contribution in [1.82, 2.24) is 9.97 Å². The van der Waals surface area contributed by atoms with Gasteiger partial charge in [-0.3, -0.25) is 0 Å². The summed E-state index contributed by atoms with van der Waals surface area (Å²) in [6.45, 7) is 4.84. The lowest BCUT2D eigenvalue weighted by atomic mass is 10.2. The number of benzene rings is 1. The Bertz CT molecular complexity index is 549. The molecule has 19 heavy (non-hydrogen) atoms. The first kappa shape index (κ1) is 13.3. The van der Waals surface area contributed by atoms with Crippen molar-refractivity contribution in [2.75, 3.05) is 17.7 Å². The molecule has 2 N–H and O–H groups in total. The molecule has 0 amide bonds. The van der Waals surface area contributed by atoms with E-state index < -0.39 is 0 Å². The highest BCUT2D eigenvalue weighted by Gasteiger charge is 2.06. The Morgan fingerprint density at radius 1 is 1.16 bits per heavy atom. The smallest absolute Gasteiger partial charge is 0.132 e. The van der Waals surface area contributed by atoms with Gasteiger partial charge in [-0.1, -0.05) is 19.1 Å². The third-order valence-corrected chi connectivity index (χ3v) is 3.03. The van der Waals surface area contributed by atoms with Crippen molar-refractivity contribution < 1.29 is 0 Å². The molecule has 0 aliphatic rings. The van der Waals surface area contributed by atoms with Crippen LogP contribution in [-0.2, 0) is 13.0 Å². The molecule has 2 rings (SSSR count). The number of hydrogen-bond acceptors (Lipinski definition) is 4. The van der Waals surface area contributed by atoms with Crippen LogP contribution in [0.1, 0.15) is 24.0 Å². The van der Waals surface area contributed by atoms with Crippen LogP contribution >= 0.6 is 0 Å². The Balaban J connectivity index is 2.17. The lowest BCUT2D eigenvalue weighted by Crippen LogP contribution is -2.18. The van der Waals surface area contributed by atoms with E-state index in [0.29, 0.717) is 0 Å². The first-order chi connectivity index (χ1) is 9.08. The van der Waals surface area contributed by atoms with E-state index in [1.54, 1.807) is 0 Å². The molecule has 0 aliphatic heterocycles. The normalized spacial score (nSPS) is 10.5. The lowest BCUT2D eigenvalue weighted by Gasteiger charge is -2.19. The average Bonchev–Trinajstić information content (AvgIpc) is 2.40. The number of aromatic nitrogens is 2. The van der Waals surface area contributed by atoms with Gasteiger partial charge in [-0.25, -0.2) is 9.97 Å². The molecular weight excluding hydrogens is 236 g/mol. The van der Waals surface area contributed by atoms with Crippen molar-refractivity contribution in [2.24, 2.45) is 0 Å². The highest BCUT2D eigenvalue weighted by Crippen LogP contribution is 2.15. The van der Waals surface area contributed by atoms with E-state index in [0.717, 1.165) is 36.0 Å². The van der Waals surface area contributed by atoms with Gasteiger partial charge in [-0.2, -0.15) is 0 Å². The van der Waals surface area contributed by atoms with Crippen LogP contribution in [0.2, 0.25) is 0 Å². The van der Waals surface area contributed by atoms with Gasteiger partial charge in [-0.05, 0) is 31.0 Å². The van der Waals surface area contributed by atoms with Gasteiger partial charge >= 0.3 is 0 Å². The third kappa shape index (κ3) is 3.44. The second-order valence-corrected chi connectivity index (χ2v) is 4.72. The number of nitrogen functional groups attached to an aromatic ring is 1. The van der Waals surface area contributed by atoms with Crippen LogP contribution in [0, 0.1) is 6.92 Å². The molecule has 0 unspecified atom stereocenters. The van der Waals surface area contributed by atoms with Crippen LogP contribution in [0.25, 0.3) is 0 Å². The maximum Gasteiger partial charge on any atom is 0.132 e. The molecule has 4 nitrogen and oxygen atoms in total. The van der Waals surface area contributed by atoms with Crippen molar-refractivity contribution in [3.63, 3.8) is 0 Å². The van der Waals surface area contributed by atoms with Crippen LogP contribution in [0.3, 0.4) is 0 Å². The highest BCUT2D eigenvalue weighted by atomic mass is 15.2. The van der Waals surface area contributed by atoms with Crippen LogP contribution in [0.5, 0.6) is 0 Å². The Labute approximate surface area is 114 Å². The van der Waals surface area contributed by atoms with Gasteiger partial charge in [0.15, 0.2) is 0 Å². The van der Waals surface area contributed by atoms with E-state index in [4.69, 9.17) is 5.73 Å². The van der Waals surface area contributed by atoms with Gasteiger partial charge in [0.25, 0.3) is 0 Å². The van der Waals surface area contributed by atoms with E-state index in [1.807, 2.05) is 44.3 Å². The predicted molar refractivity (Wildman–Crippen MR) is 79.1 cm³/mol. The zero-order valence-corrected chi connectivity index (χ0v) is 11.7. The molecule has 0 atom stereocenters. The number of nitrogens with two attached hydrogens (primary N) is 1. The summed E-state index contributed by atoms with van der Waals surface area (Å²) in [6, 6.07) is 9.98. The van der Waals surface area contributed by atoms with E-state index in [-0.39, 0.29) is 0 Å². The Hall–Kier alpha value is -2.10. The summed E-state index contributed by atoms with van der Waals surface area (Å²) in [7, 11) is 2.04. The quantitative estimate of drug-likeness (QED) is 0.854. The van der Waals surface area contributed by atoms with E-state index in [9.17, 15) is 0 Å². The topological polar surface area (TPSA) is 55.0 Å². The van der Waals surface area contributed by atoms with Crippen molar-refractivity contribution in [3.05, 3.63) is 47.4 Å². The summed E-state index contributed by atoms with van der Waals surface area (Å²) in [5.74, 6) is 1.78. The molecule has 0 spiro atoms. The summed E-state index contributed by atoms with van der Waals surface area (Å²) in [5, 5.41) is 0. The number of rotatable bonds is 4. The minimum Gasteiger partial charge on any atom is -0.399 e. The SMILES string of the molecule is CCc1cc(N(C)Cc2ccc(N)cc2)nc(C)n1. The highest BCUT2D eigenvalue weighted by molar-refractivity contribution is 5.43. The fourth-order valence-corrected chi connectivity index (χ4v) is 1.97. The first-order valence-electron chi connectivity index (χ1n) is 6.48. The number of anilines is 2. The van der Waals surface area contributed by atoms with Crippen molar-refractivity contribution >= 4 is 11.5 Å². The summed E-state index contributed by atoms with van der Waals surface area (Å²) in [6.07, 6.45) is 0.923. The van der Waals surface area contributed by atoms with Crippen molar-refractivity contribution in [2.45, 2.75) is 26.8 Å². The fraction of sp³-hybridized carbons (Fsp3) is 0.333. The lowest BCUT2D eigenvalue weighted by molar-refractivity contribution is 0.861. The second-order valence-electron chi connectivity index (χ2n) is 4.72. The maximum atomic E-state index is 5.69. The standard InChI is InChI=1S/C15H20N4/c1-4-14-9-15(18-11(2)17-14)19(3)10-12-5-7-13(16)8-6-12/h5-9H,4,10,16H2,1-3H3. The Kier molecular flexibility index (Phi) is 4.00. The van der Waals surface area contributed by atoms with E-state index in [1.165, 1.54) is 5.56 Å². The second kappa shape index (κ2) is 5.69. The van der Waals surface area contributed by atoms with Gasteiger partial charge in [0.2, 0.25) is 0 Å². The molecule has 0 bridgehead atoms. The molecule has 4 heteroatoms. The fourth-order valence-electron chi connectivity index (χ4n) is 1.97. The van der Waals surface area contributed by atoms with Crippen LogP contribution in [0.15, 0.2) is 30.3 Å². The predicted octanol–water partition coefficient (Wildman–Crippen LogP) is 2.57. The number of hydrogen-bond donors (Lipinski definition) is 1. The largest absolute Gasteiger partial charge is 0.399 e. The van der Waals surface area contributed by atoms with Gasteiger partial charge in [0, 0.05) is 31.0 Å². The van der Waals surface area contributed by atoms with E-state index in [2.05, 4.69) is 21.8 Å². The number of nitrogens with zero attached hydrogens (tertiary/aromatic N) is 3. The molecule has 2 aromatic rings. The summed E-state index contributed by atoms with van der Waals surface area (Å²) in [4.78, 5) is 11.0. The third-order valence-electron chi connectivity index (χ3n) is 3.03. The first-order valence-corrected chi connectivity index (χ1v) is 6.48. The maximum absolute atomic E-state index is 5.69. The zero-order chi connectivity index (χ0) is 13.8. The molecule has 0 aliphatic carbocycles. The Morgan fingerprint density at radius 3 is 2.47 bits per heavy atom. The monoisotopic (exact) mass is 256 g/mol. The molecule has 100 valence electrons. The molecule has 0 saturated carbocycles. The molecule has 0 fully saturated rings. The number of aryl methyl sites for hydroxylation is 2. The zero-order valence-electron chi connectivity index (χ0n) is 11.7. The van der Waals surface area contributed by atoms with E-state index >= 15 is 0 Å². The Morgan fingerprint density at radius 2 is 1.84 bits per heavy atom. The molecule has 0 radical (unpaired) electrons. The van der Waals surface area contributed by atoms with Crippen LogP contribution in [0.4, 0.5) is 11.5 Å². The minimum atomic E-state index is 0.789. The van der Waals surface area contributed by atoms with Gasteiger partial charge < -0.3 is 10.6 Å². The van der Waals surface area contributed by atoms with Crippen molar-refractivity contribution in [3.8, 4) is 0 Å². The van der Waals surface area contributed by atoms with Crippen LogP contribution < -0.4 is 10.6 Å². The van der Waals surface area contributed by atoms with Gasteiger partial charge in [-0.15, -0.1) is 0 Å². The summed E-state index contributed by atoms with van der Waals surface area (Å²) in [5.41, 5.74) is 8.77. The van der Waals surface area contributed by atoms with Crippen LogP contribution in [-0.4, -0.2) is 17.0 Å². The molecule has 1 aromatic heterocycles. The molecular formula is C15H20N4. The molecule has 1 aromatic carbocycles. The van der Waals surface area contributed by atoms with Gasteiger partial charge in [0.1, 0.15) is 11.6 Å². The summed E-state index contributed by atoms with van der Waals surface area (Å²) >= 11 is 0. The van der Waals surface area contributed by atoms with Crippen molar-refractivity contribution in [1.29, 1.82) is 0 Å².